The second-order valence-corrected chi connectivity index (χ2v) is 13.3. The first kappa shape index (κ1) is 25.7. The highest BCUT2D eigenvalue weighted by Crippen LogP contribution is 2.41. The van der Waals surface area contributed by atoms with Crippen LogP contribution in [-0.4, -0.2) is 71.0 Å². The molecule has 0 spiro atoms. The van der Waals surface area contributed by atoms with Gasteiger partial charge in [0.15, 0.2) is 0 Å². The van der Waals surface area contributed by atoms with Gasteiger partial charge in [-0.25, -0.2) is 4.98 Å². The van der Waals surface area contributed by atoms with E-state index in [0.717, 1.165) is 80.2 Å². The van der Waals surface area contributed by atoms with Gasteiger partial charge in [-0.3, -0.25) is 4.79 Å². The predicted octanol–water partition coefficient (Wildman–Crippen LogP) is 5.32. The summed E-state index contributed by atoms with van der Waals surface area (Å²) in [6.07, 6.45) is 8.27. The van der Waals surface area contributed by atoms with Crippen molar-refractivity contribution in [2.24, 2.45) is 11.3 Å². The summed E-state index contributed by atoms with van der Waals surface area (Å²) < 4.78 is 9.88. The number of benzene rings is 1. The van der Waals surface area contributed by atoms with Crippen molar-refractivity contribution in [2.45, 2.75) is 50.7 Å². The Labute approximate surface area is 239 Å². The number of rotatable bonds is 3. The molecule has 5 aliphatic rings. The second kappa shape index (κ2) is 10.3. The first-order valence-electron chi connectivity index (χ1n) is 14.6. The third-order valence-corrected chi connectivity index (χ3v) is 10.1. The summed E-state index contributed by atoms with van der Waals surface area (Å²) in [4.78, 5) is 24.9. The SMILES string of the molecule is CN1CC2(C)CCN(CC2)c2cc(NSC3CC3)ccc2-c2nnc(o2)-c2ccnc(c2)N2CCCC(C2)C1=O. The lowest BCUT2D eigenvalue weighted by Gasteiger charge is -2.43. The highest BCUT2D eigenvalue weighted by Gasteiger charge is 2.36. The third kappa shape index (κ3) is 5.13. The molecule has 210 valence electrons. The minimum atomic E-state index is -0.0203. The van der Waals surface area contributed by atoms with Crippen molar-refractivity contribution in [3.8, 4) is 22.9 Å². The molecule has 8 bridgehead atoms. The van der Waals surface area contributed by atoms with Gasteiger partial charge in [0.2, 0.25) is 17.7 Å². The minimum absolute atomic E-state index is 0.0203. The molecule has 3 fully saturated rings. The van der Waals surface area contributed by atoms with Gasteiger partial charge in [0.25, 0.3) is 0 Å². The van der Waals surface area contributed by atoms with Crippen LogP contribution in [-0.2, 0) is 4.79 Å². The fourth-order valence-electron chi connectivity index (χ4n) is 6.34. The Morgan fingerprint density at radius 3 is 2.67 bits per heavy atom. The summed E-state index contributed by atoms with van der Waals surface area (Å²) in [6.45, 7) is 6.51. The van der Waals surface area contributed by atoms with Gasteiger partial charge < -0.3 is 23.8 Å². The van der Waals surface area contributed by atoms with E-state index in [1.165, 1.54) is 12.8 Å². The molecule has 1 saturated carbocycles. The summed E-state index contributed by atoms with van der Waals surface area (Å²) in [6, 6.07) is 10.4. The average Bonchev–Trinajstić information content (AvgIpc) is 3.69. The maximum atomic E-state index is 13.6. The number of fused-ring (bicyclic) bond motifs is 4. The fraction of sp³-hybridized carbons (Fsp3) is 0.533. The van der Waals surface area contributed by atoms with Gasteiger partial charge in [-0.15, -0.1) is 10.2 Å². The number of carbonyl (C=O) groups is 1. The van der Waals surface area contributed by atoms with Crippen molar-refractivity contribution in [2.75, 3.05) is 54.3 Å². The summed E-state index contributed by atoms with van der Waals surface area (Å²) in [5, 5.41) is 9.67. The van der Waals surface area contributed by atoms with Crippen molar-refractivity contribution in [1.29, 1.82) is 0 Å². The van der Waals surface area contributed by atoms with E-state index in [9.17, 15) is 4.79 Å². The number of hydrogen-bond acceptors (Lipinski definition) is 9. The van der Waals surface area contributed by atoms with Gasteiger partial charge in [0, 0.05) is 62.5 Å². The van der Waals surface area contributed by atoms with Crippen LogP contribution in [0.5, 0.6) is 0 Å². The van der Waals surface area contributed by atoms with Crippen molar-refractivity contribution in [3.63, 3.8) is 0 Å². The number of nitrogens with zero attached hydrogens (tertiary/aromatic N) is 6. The van der Waals surface area contributed by atoms with E-state index in [-0.39, 0.29) is 17.2 Å². The first-order valence-corrected chi connectivity index (χ1v) is 15.4. The summed E-state index contributed by atoms with van der Waals surface area (Å²) >= 11 is 1.81. The van der Waals surface area contributed by atoms with E-state index >= 15 is 0 Å². The van der Waals surface area contributed by atoms with Crippen LogP contribution in [0.15, 0.2) is 40.9 Å². The molecule has 0 radical (unpaired) electrons. The zero-order chi connectivity index (χ0) is 27.3. The molecule has 8 rings (SSSR count). The molecule has 3 aromatic rings. The Hall–Kier alpha value is -3.27. The maximum Gasteiger partial charge on any atom is 0.250 e. The zero-order valence-corrected chi connectivity index (χ0v) is 24.1. The van der Waals surface area contributed by atoms with Crippen LogP contribution in [0.4, 0.5) is 17.2 Å². The lowest BCUT2D eigenvalue weighted by molar-refractivity contribution is -0.136. The molecule has 9 nitrogen and oxygen atoms in total. The third-order valence-electron chi connectivity index (χ3n) is 8.91. The number of nitrogens with one attached hydrogen (secondary N) is 1. The van der Waals surface area contributed by atoms with Crippen LogP contribution in [0.3, 0.4) is 0 Å². The first-order chi connectivity index (χ1) is 19.4. The highest BCUT2D eigenvalue weighted by atomic mass is 32.2. The quantitative estimate of drug-likeness (QED) is 0.428. The topological polar surface area (TPSA) is 90.6 Å². The Morgan fingerprint density at radius 2 is 1.85 bits per heavy atom. The smallest absolute Gasteiger partial charge is 0.250 e. The van der Waals surface area contributed by atoms with Crippen LogP contribution < -0.4 is 14.5 Å². The van der Waals surface area contributed by atoms with Crippen molar-refractivity contribution >= 4 is 35.0 Å². The molecule has 2 aromatic heterocycles. The lowest BCUT2D eigenvalue weighted by Crippen LogP contribution is -2.49. The molecule has 1 atom stereocenters. The molecule has 1 unspecified atom stereocenters. The van der Waals surface area contributed by atoms with E-state index in [2.05, 4.69) is 54.8 Å². The van der Waals surface area contributed by atoms with Gasteiger partial charge in [-0.1, -0.05) is 6.92 Å². The number of pyridine rings is 1. The lowest BCUT2D eigenvalue weighted by atomic mass is 9.79. The molecule has 40 heavy (non-hydrogen) atoms. The van der Waals surface area contributed by atoms with Gasteiger partial charge >= 0.3 is 0 Å². The molecular formula is C30H37N7O2S. The number of carbonyl (C=O) groups excluding carboxylic acids is 1. The summed E-state index contributed by atoms with van der Waals surface area (Å²) in [5.74, 6) is 2.09. The van der Waals surface area contributed by atoms with E-state index in [4.69, 9.17) is 4.42 Å². The number of aromatic nitrogens is 3. The Morgan fingerprint density at radius 1 is 1.02 bits per heavy atom. The van der Waals surface area contributed by atoms with Crippen LogP contribution >= 0.6 is 11.9 Å². The van der Waals surface area contributed by atoms with Gasteiger partial charge in [-0.2, -0.15) is 0 Å². The minimum Gasteiger partial charge on any atom is -0.416 e. The molecule has 1 aliphatic carbocycles. The van der Waals surface area contributed by atoms with Gasteiger partial charge in [-0.05, 0) is 86.2 Å². The standard InChI is InChI=1S/C30H37N7O2S/c1-30-10-14-36(15-11-30)25-17-22(34-40-23-6-7-23)5-8-24(25)28-33-32-27(39-28)20-9-12-31-26(16-20)37-13-3-4-21(18-37)29(38)35(2)19-30/h5,8-9,12,16-17,21,23,34H,3-4,6-7,10-11,13-15,18-19H2,1-2H3. The fourth-order valence-corrected chi connectivity index (χ4v) is 7.14. The Balaban J connectivity index is 1.28. The van der Waals surface area contributed by atoms with E-state index in [0.29, 0.717) is 23.6 Å². The van der Waals surface area contributed by atoms with Crippen LogP contribution in [0, 0.1) is 11.3 Å². The monoisotopic (exact) mass is 559 g/mol. The van der Waals surface area contributed by atoms with Crippen molar-refractivity contribution < 1.29 is 9.21 Å². The van der Waals surface area contributed by atoms with Crippen LogP contribution in [0.2, 0.25) is 0 Å². The van der Waals surface area contributed by atoms with Gasteiger partial charge in [0.05, 0.1) is 17.2 Å². The molecule has 10 heteroatoms. The average molecular weight is 560 g/mol. The number of piperidine rings is 2. The van der Waals surface area contributed by atoms with E-state index in [1.54, 1.807) is 6.20 Å². The van der Waals surface area contributed by atoms with Crippen molar-refractivity contribution in [1.82, 2.24) is 20.1 Å². The molecule has 2 saturated heterocycles. The normalized spacial score (nSPS) is 24.9. The maximum absolute atomic E-state index is 13.6. The van der Waals surface area contributed by atoms with Crippen LogP contribution in [0.25, 0.3) is 22.9 Å². The number of amides is 1. The molecule has 1 amide bonds. The number of anilines is 3. The molecule has 6 heterocycles. The summed E-state index contributed by atoms with van der Waals surface area (Å²) in [7, 11) is 1.99. The largest absolute Gasteiger partial charge is 0.416 e. The molecule has 1 N–H and O–H groups in total. The molecule has 1 aromatic carbocycles. The van der Waals surface area contributed by atoms with E-state index < -0.39 is 0 Å². The van der Waals surface area contributed by atoms with Crippen molar-refractivity contribution in [3.05, 3.63) is 36.5 Å². The summed E-state index contributed by atoms with van der Waals surface area (Å²) in [5.41, 5.74) is 4.07. The Bertz CT molecular complexity index is 1400. The predicted molar refractivity (Wildman–Crippen MR) is 159 cm³/mol. The van der Waals surface area contributed by atoms with Crippen LogP contribution in [0.1, 0.15) is 45.4 Å². The highest BCUT2D eigenvalue weighted by molar-refractivity contribution is 8.01. The zero-order valence-electron chi connectivity index (χ0n) is 23.3. The second-order valence-electron chi connectivity index (χ2n) is 12.2. The Kier molecular flexibility index (Phi) is 6.60. The number of hydrogen-bond donors (Lipinski definition) is 1. The van der Waals surface area contributed by atoms with Gasteiger partial charge in [0.1, 0.15) is 5.82 Å². The molecule has 4 aliphatic heterocycles. The van der Waals surface area contributed by atoms with E-state index in [1.807, 2.05) is 36.0 Å². The molecular weight excluding hydrogens is 522 g/mol.